The molecular formula is C18H20O5. The molecule has 1 aromatic carbocycles. The predicted octanol–water partition coefficient (Wildman–Crippen LogP) is 2.92. The number of carbonyl (C=O) groups is 1. The fourth-order valence-corrected chi connectivity index (χ4v) is 3.16. The highest BCUT2D eigenvalue weighted by Gasteiger charge is 2.23. The van der Waals surface area contributed by atoms with Crippen molar-refractivity contribution in [3.63, 3.8) is 0 Å². The lowest BCUT2D eigenvalue weighted by Gasteiger charge is -2.20. The Balaban J connectivity index is 2.20. The molecule has 5 heteroatoms. The number of rotatable bonds is 3. The van der Waals surface area contributed by atoms with E-state index >= 15 is 0 Å². The fourth-order valence-electron chi connectivity index (χ4n) is 3.16. The molecule has 2 aromatic rings. The summed E-state index contributed by atoms with van der Waals surface area (Å²) in [5, 5.41) is 0.806. The molecule has 5 nitrogen and oxygen atoms in total. The molecule has 0 amide bonds. The Morgan fingerprint density at radius 2 is 1.91 bits per heavy atom. The Morgan fingerprint density at radius 3 is 2.61 bits per heavy atom. The molecule has 1 heterocycles. The molecule has 0 bridgehead atoms. The molecular weight excluding hydrogens is 296 g/mol. The van der Waals surface area contributed by atoms with Crippen molar-refractivity contribution in [3.05, 3.63) is 39.2 Å². The second kappa shape index (κ2) is 6.07. The minimum absolute atomic E-state index is 0.259. The summed E-state index contributed by atoms with van der Waals surface area (Å²) in [5.41, 5.74) is 2.90. The van der Waals surface area contributed by atoms with Gasteiger partial charge in [0.15, 0.2) is 6.10 Å². The van der Waals surface area contributed by atoms with Crippen molar-refractivity contribution < 1.29 is 18.7 Å². The molecule has 1 aliphatic carbocycles. The zero-order chi connectivity index (χ0) is 16.6. The molecule has 1 aromatic heterocycles. The summed E-state index contributed by atoms with van der Waals surface area (Å²) >= 11 is 0. The van der Waals surface area contributed by atoms with Crippen molar-refractivity contribution in [2.75, 3.05) is 7.11 Å². The van der Waals surface area contributed by atoms with E-state index in [1.54, 1.807) is 6.92 Å². The Morgan fingerprint density at radius 1 is 1.22 bits per heavy atom. The molecule has 3 rings (SSSR count). The third-order valence-corrected chi connectivity index (χ3v) is 4.27. The Bertz CT molecular complexity index is 818. The van der Waals surface area contributed by atoms with E-state index in [2.05, 4.69) is 0 Å². The van der Waals surface area contributed by atoms with E-state index < -0.39 is 12.1 Å². The van der Waals surface area contributed by atoms with Crippen LogP contribution in [-0.4, -0.2) is 19.2 Å². The molecule has 0 fully saturated rings. The molecule has 122 valence electrons. The van der Waals surface area contributed by atoms with Crippen molar-refractivity contribution in [2.45, 2.75) is 45.6 Å². The minimum Gasteiger partial charge on any atom is -0.478 e. The van der Waals surface area contributed by atoms with Gasteiger partial charge < -0.3 is 13.9 Å². The van der Waals surface area contributed by atoms with Crippen LogP contribution in [0.4, 0.5) is 0 Å². The number of hydrogen-bond donors (Lipinski definition) is 0. The van der Waals surface area contributed by atoms with E-state index in [4.69, 9.17) is 13.9 Å². The Labute approximate surface area is 134 Å². The topological polar surface area (TPSA) is 65.7 Å². The van der Waals surface area contributed by atoms with Gasteiger partial charge >= 0.3 is 11.6 Å². The van der Waals surface area contributed by atoms with Gasteiger partial charge in [0.05, 0.1) is 12.5 Å². The average molecular weight is 316 g/mol. The number of hydrogen-bond acceptors (Lipinski definition) is 5. The molecule has 1 aliphatic rings. The maximum atomic E-state index is 12.2. The number of carbonyl (C=O) groups excluding carboxylic acids is 1. The van der Waals surface area contributed by atoms with Crippen molar-refractivity contribution in [2.24, 2.45) is 0 Å². The SMILES string of the molecule is COC(=O)[C@@H](C)Oc1cc(C)cc2oc(=O)c3c(c12)CCCC3. The summed E-state index contributed by atoms with van der Waals surface area (Å²) in [7, 11) is 1.33. The third kappa shape index (κ3) is 2.83. The first kappa shape index (κ1) is 15.6. The summed E-state index contributed by atoms with van der Waals surface area (Å²) in [6.45, 7) is 3.54. The van der Waals surface area contributed by atoms with Gasteiger partial charge in [0.1, 0.15) is 11.3 Å². The third-order valence-electron chi connectivity index (χ3n) is 4.27. The van der Waals surface area contributed by atoms with Gasteiger partial charge in [-0.2, -0.15) is 0 Å². The average Bonchev–Trinajstić information content (AvgIpc) is 2.53. The second-order valence-corrected chi connectivity index (χ2v) is 5.97. The number of benzene rings is 1. The number of esters is 1. The summed E-state index contributed by atoms with van der Waals surface area (Å²) in [6.07, 6.45) is 2.85. The summed E-state index contributed by atoms with van der Waals surface area (Å²) < 4.78 is 16.0. The lowest BCUT2D eigenvalue weighted by Crippen LogP contribution is -2.25. The van der Waals surface area contributed by atoms with Crippen molar-refractivity contribution in [3.8, 4) is 5.75 Å². The van der Waals surface area contributed by atoms with Gasteiger partial charge in [0, 0.05) is 5.56 Å². The van der Waals surface area contributed by atoms with Crippen LogP contribution < -0.4 is 10.4 Å². The summed E-state index contributed by atoms with van der Waals surface area (Å²) in [5.74, 6) is 0.130. The van der Waals surface area contributed by atoms with Gasteiger partial charge in [-0.3, -0.25) is 0 Å². The van der Waals surface area contributed by atoms with E-state index in [-0.39, 0.29) is 5.63 Å². The maximum absolute atomic E-state index is 12.2. The zero-order valence-corrected chi connectivity index (χ0v) is 13.6. The van der Waals surface area contributed by atoms with Crippen LogP contribution in [0.15, 0.2) is 21.3 Å². The molecule has 1 atom stereocenters. The molecule has 0 spiro atoms. The van der Waals surface area contributed by atoms with Crippen LogP contribution in [0, 0.1) is 6.92 Å². The first-order valence-corrected chi connectivity index (χ1v) is 7.85. The number of methoxy groups -OCH3 is 1. The van der Waals surface area contributed by atoms with Gasteiger partial charge in [0.2, 0.25) is 0 Å². The van der Waals surface area contributed by atoms with E-state index in [0.717, 1.165) is 47.8 Å². The van der Waals surface area contributed by atoms with Crippen LogP contribution in [-0.2, 0) is 22.4 Å². The molecule has 0 N–H and O–H groups in total. The van der Waals surface area contributed by atoms with Crippen LogP contribution in [0.2, 0.25) is 0 Å². The highest BCUT2D eigenvalue weighted by Crippen LogP contribution is 2.35. The van der Waals surface area contributed by atoms with Crippen LogP contribution in [0.5, 0.6) is 5.75 Å². The first-order valence-electron chi connectivity index (χ1n) is 7.85. The van der Waals surface area contributed by atoms with Gasteiger partial charge in [-0.15, -0.1) is 0 Å². The quantitative estimate of drug-likeness (QED) is 0.643. The van der Waals surface area contributed by atoms with Gasteiger partial charge in [0.25, 0.3) is 0 Å². The van der Waals surface area contributed by atoms with Crippen molar-refractivity contribution in [1.82, 2.24) is 0 Å². The highest BCUT2D eigenvalue weighted by atomic mass is 16.6. The lowest BCUT2D eigenvalue weighted by molar-refractivity contribution is -0.147. The van der Waals surface area contributed by atoms with Crippen molar-refractivity contribution in [1.29, 1.82) is 0 Å². The molecule has 0 saturated carbocycles. The predicted molar refractivity (Wildman–Crippen MR) is 86.0 cm³/mol. The molecule has 0 unspecified atom stereocenters. The monoisotopic (exact) mass is 316 g/mol. The van der Waals surface area contributed by atoms with Crippen molar-refractivity contribution >= 4 is 16.9 Å². The van der Waals surface area contributed by atoms with Crippen LogP contribution in [0.25, 0.3) is 11.0 Å². The van der Waals surface area contributed by atoms with Crippen LogP contribution in [0.1, 0.15) is 36.5 Å². The second-order valence-electron chi connectivity index (χ2n) is 5.97. The van der Waals surface area contributed by atoms with E-state index in [9.17, 15) is 9.59 Å². The number of ether oxygens (including phenoxy) is 2. The van der Waals surface area contributed by atoms with Gasteiger partial charge in [-0.1, -0.05) is 0 Å². The largest absolute Gasteiger partial charge is 0.478 e. The molecule has 23 heavy (non-hydrogen) atoms. The number of aryl methyl sites for hydroxylation is 2. The van der Waals surface area contributed by atoms with E-state index in [1.807, 2.05) is 19.1 Å². The lowest BCUT2D eigenvalue weighted by atomic mass is 9.90. The molecule has 0 aliphatic heterocycles. The zero-order valence-electron chi connectivity index (χ0n) is 13.6. The van der Waals surface area contributed by atoms with Gasteiger partial charge in [-0.25, -0.2) is 9.59 Å². The smallest absolute Gasteiger partial charge is 0.346 e. The number of fused-ring (bicyclic) bond motifs is 3. The molecule has 0 saturated heterocycles. The van der Waals surface area contributed by atoms with Gasteiger partial charge in [-0.05, 0) is 62.8 Å². The fraction of sp³-hybridized carbons (Fsp3) is 0.444. The van der Waals surface area contributed by atoms with E-state index in [0.29, 0.717) is 11.3 Å². The standard InChI is InChI=1S/C18H20O5/c1-10-8-14(22-11(2)17(19)21-3)16-12-6-4-5-7-13(12)18(20)23-15(16)9-10/h8-9,11H,4-7H2,1-3H3/t11-/m1/s1. The Kier molecular flexibility index (Phi) is 4.11. The molecule has 0 radical (unpaired) electrons. The maximum Gasteiger partial charge on any atom is 0.346 e. The normalized spacial score (nSPS) is 15.1. The Hall–Kier alpha value is -2.30. The van der Waals surface area contributed by atoms with Crippen LogP contribution >= 0.6 is 0 Å². The van der Waals surface area contributed by atoms with E-state index in [1.165, 1.54) is 7.11 Å². The van der Waals surface area contributed by atoms with Crippen LogP contribution in [0.3, 0.4) is 0 Å². The summed E-state index contributed by atoms with van der Waals surface area (Å²) in [4.78, 5) is 23.9. The summed E-state index contributed by atoms with van der Waals surface area (Å²) in [6, 6.07) is 3.71. The first-order chi connectivity index (χ1) is 11.0. The highest BCUT2D eigenvalue weighted by molar-refractivity contribution is 5.89. The minimum atomic E-state index is -0.726.